The van der Waals surface area contributed by atoms with Gasteiger partial charge in [-0.25, -0.2) is 0 Å². The van der Waals surface area contributed by atoms with Gasteiger partial charge in [-0.15, -0.1) is 0 Å². The van der Waals surface area contributed by atoms with Crippen molar-refractivity contribution in [3.05, 3.63) is 0 Å². The maximum Gasteiger partial charge on any atom is 0.196 e. The van der Waals surface area contributed by atoms with Gasteiger partial charge < -0.3 is 40.5 Å². The largest absolute Gasteiger partial charge is 0.390 e. The summed E-state index contributed by atoms with van der Waals surface area (Å²) in [4.78, 5) is 2.12. The Bertz CT molecular complexity index is 995. The molecule has 0 aromatic carbocycles. The van der Waals surface area contributed by atoms with Crippen LogP contribution in [0.5, 0.6) is 0 Å². The maximum absolute atomic E-state index is 12.7. The summed E-state index contributed by atoms with van der Waals surface area (Å²) >= 11 is 0. The first-order valence-corrected chi connectivity index (χ1v) is 14.0. The molecule has 36 heavy (non-hydrogen) atoms. The molecule has 0 aromatic heterocycles. The van der Waals surface area contributed by atoms with E-state index in [0.29, 0.717) is 44.6 Å². The lowest BCUT2D eigenvalue weighted by atomic mass is 9.49. The molecular weight excluding hydrogens is 466 g/mol. The molecule has 7 aliphatic rings. The van der Waals surface area contributed by atoms with E-state index in [1.54, 1.807) is 6.92 Å². The predicted molar refractivity (Wildman–Crippen MR) is 126 cm³/mol. The summed E-state index contributed by atoms with van der Waals surface area (Å²) < 4.78 is 6.52. The average molecular weight is 510 g/mol. The number of hydrogen-bond donors (Lipinski definition) is 7. The fraction of sp³-hybridized carbons (Fsp3) is 1.00. The average Bonchev–Trinajstić information content (AvgIpc) is 2.97. The van der Waals surface area contributed by atoms with Crippen molar-refractivity contribution in [1.82, 2.24) is 4.90 Å². The molecule has 0 amide bonds. The number of fused-ring (bicyclic) bond motifs is 5. The fourth-order valence-corrected chi connectivity index (χ4v) is 11.3. The van der Waals surface area contributed by atoms with Gasteiger partial charge in [0.15, 0.2) is 5.79 Å². The molecule has 1 spiro atoms. The quantitative estimate of drug-likeness (QED) is 0.228. The molecule has 3 heterocycles. The Morgan fingerprint density at radius 2 is 1.47 bits per heavy atom. The molecule has 7 rings (SSSR count). The molecule has 3 aliphatic heterocycles. The van der Waals surface area contributed by atoms with Crippen molar-refractivity contribution in [3.63, 3.8) is 0 Å². The summed E-state index contributed by atoms with van der Waals surface area (Å²) in [6.07, 6.45) is 0.752. The summed E-state index contributed by atoms with van der Waals surface area (Å²) in [5.41, 5.74) is -9.07. The van der Waals surface area contributed by atoms with Crippen LogP contribution in [0.4, 0.5) is 0 Å². The lowest BCUT2D eigenvalue weighted by Gasteiger charge is -2.68. The standard InChI is InChI=1S/C27H43NO8/c1-14-4-7-18-22(3,31)26(34)17(12-28(18)11-14)24(33)13-25-16(23(24,32)10-20(26)30)6-5-15-21(25,2)9-8-19(29)27(15,35)36-25/h14-20,29-35H,4-13H2,1-3H3/t14-,15?,16?,17?,18-,19+,20-,21-,22+,23+,24+,25-,26-,27-/m0/s1. The zero-order valence-corrected chi connectivity index (χ0v) is 21.6. The van der Waals surface area contributed by atoms with Crippen LogP contribution in [0.3, 0.4) is 0 Å². The highest BCUT2D eigenvalue weighted by Crippen LogP contribution is 2.78. The minimum Gasteiger partial charge on any atom is -0.390 e. The van der Waals surface area contributed by atoms with Gasteiger partial charge in [0.05, 0.1) is 11.7 Å². The van der Waals surface area contributed by atoms with Gasteiger partial charge in [-0.2, -0.15) is 0 Å². The number of aliphatic hydroxyl groups excluding tert-OH is 2. The molecule has 14 atom stereocenters. The summed E-state index contributed by atoms with van der Waals surface area (Å²) in [7, 11) is 0. The van der Waals surface area contributed by atoms with E-state index >= 15 is 0 Å². The molecule has 9 nitrogen and oxygen atoms in total. The molecular formula is C27H43NO8. The third-order valence-corrected chi connectivity index (χ3v) is 13.1. The second-order valence-corrected chi connectivity index (χ2v) is 14.3. The molecule has 0 aromatic rings. The molecule has 7 N–H and O–H groups in total. The van der Waals surface area contributed by atoms with Crippen LogP contribution in [0.25, 0.3) is 0 Å². The zero-order valence-electron chi connectivity index (χ0n) is 21.6. The highest BCUT2D eigenvalue weighted by atomic mass is 16.7. The molecule has 4 aliphatic carbocycles. The normalized spacial score (nSPS) is 68.0. The van der Waals surface area contributed by atoms with Crippen LogP contribution in [-0.4, -0.2) is 106 Å². The van der Waals surface area contributed by atoms with E-state index in [2.05, 4.69) is 11.8 Å². The SMILES string of the molecule is C[C@H]1CC[C@@H]2N(CC3[C@]4(O)C[C@]56O[C@@]7(O)C(CCC5[C@]4(O)C[C@H](O)[C@]3(O)[C@]2(C)O)[C@]6(C)CC[C@H]7O)C1. The van der Waals surface area contributed by atoms with Crippen molar-refractivity contribution in [1.29, 1.82) is 0 Å². The van der Waals surface area contributed by atoms with Crippen molar-refractivity contribution in [2.75, 3.05) is 13.1 Å². The van der Waals surface area contributed by atoms with Gasteiger partial charge in [-0.05, 0) is 51.4 Å². The van der Waals surface area contributed by atoms with E-state index in [0.717, 1.165) is 6.42 Å². The van der Waals surface area contributed by atoms with Gasteiger partial charge in [0.1, 0.15) is 28.5 Å². The van der Waals surface area contributed by atoms with Gasteiger partial charge >= 0.3 is 0 Å². The zero-order chi connectivity index (χ0) is 25.9. The van der Waals surface area contributed by atoms with Crippen LogP contribution in [0, 0.1) is 29.1 Å². The fourth-order valence-electron chi connectivity index (χ4n) is 11.3. The van der Waals surface area contributed by atoms with Crippen LogP contribution < -0.4 is 0 Å². The monoisotopic (exact) mass is 509 g/mol. The van der Waals surface area contributed by atoms with Gasteiger partial charge in [0.2, 0.25) is 0 Å². The summed E-state index contributed by atoms with van der Waals surface area (Å²) in [5.74, 6) is -3.30. The Kier molecular flexibility index (Phi) is 4.57. The van der Waals surface area contributed by atoms with Crippen LogP contribution in [0.1, 0.15) is 72.1 Å². The van der Waals surface area contributed by atoms with Crippen LogP contribution in [0.15, 0.2) is 0 Å². The topological polar surface area (TPSA) is 154 Å². The number of rotatable bonds is 0. The van der Waals surface area contributed by atoms with Crippen molar-refractivity contribution in [3.8, 4) is 0 Å². The predicted octanol–water partition coefficient (Wildman–Crippen LogP) is -0.526. The van der Waals surface area contributed by atoms with Gasteiger partial charge in [0, 0.05) is 55.1 Å². The summed E-state index contributed by atoms with van der Waals surface area (Å²) in [5, 5.41) is 83.2. The van der Waals surface area contributed by atoms with E-state index < -0.39 is 63.3 Å². The Morgan fingerprint density at radius 1 is 0.778 bits per heavy atom. The van der Waals surface area contributed by atoms with Crippen molar-refractivity contribution in [2.45, 2.75) is 124 Å². The lowest BCUT2D eigenvalue weighted by Crippen LogP contribution is -2.85. The van der Waals surface area contributed by atoms with Gasteiger partial charge in [0.25, 0.3) is 0 Å². The van der Waals surface area contributed by atoms with Crippen molar-refractivity contribution < 1.29 is 40.5 Å². The second-order valence-electron chi connectivity index (χ2n) is 14.3. The van der Waals surface area contributed by atoms with E-state index in [4.69, 9.17) is 4.74 Å². The molecule has 204 valence electrons. The molecule has 4 bridgehead atoms. The second kappa shape index (κ2) is 6.67. The molecule has 4 saturated carbocycles. The van der Waals surface area contributed by atoms with Crippen LogP contribution in [0.2, 0.25) is 0 Å². The third kappa shape index (κ3) is 2.27. The van der Waals surface area contributed by atoms with Crippen LogP contribution >= 0.6 is 0 Å². The number of aliphatic hydroxyl groups is 7. The highest BCUT2D eigenvalue weighted by molar-refractivity contribution is 5.37. The summed E-state index contributed by atoms with van der Waals surface area (Å²) in [6.45, 7) is 6.70. The van der Waals surface area contributed by atoms with Gasteiger partial charge in [-0.3, -0.25) is 4.90 Å². The number of hydrogen-bond acceptors (Lipinski definition) is 9. The Balaban J connectivity index is 1.39. The Morgan fingerprint density at radius 3 is 2.19 bits per heavy atom. The van der Waals surface area contributed by atoms with E-state index in [1.807, 2.05) is 6.92 Å². The van der Waals surface area contributed by atoms with Crippen molar-refractivity contribution in [2.24, 2.45) is 29.1 Å². The number of piperidine rings is 2. The first kappa shape index (κ1) is 24.7. The molecule has 3 saturated heterocycles. The number of nitrogens with zero attached hydrogens (tertiary/aromatic N) is 1. The maximum atomic E-state index is 12.7. The summed E-state index contributed by atoms with van der Waals surface area (Å²) in [6, 6.07) is -0.360. The molecule has 9 heteroatoms. The molecule has 3 unspecified atom stereocenters. The minimum atomic E-state index is -2.02. The third-order valence-electron chi connectivity index (χ3n) is 13.1. The van der Waals surface area contributed by atoms with Crippen molar-refractivity contribution >= 4 is 0 Å². The van der Waals surface area contributed by atoms with Gasteiger partial charge in [-0.1, -0.05) is 13.8 Å². The highest BCUT2D eigenvalue weighted by Gasteiger charge is 2.88. The van der Waals surface area contributed by atoms with E-state index in [-0.39, 0.29) is 31.3 Å². The van der Waals surface area contributed by atoms with E-state index in [1.165, 1.54) is 0 Å². The van der Waals surface area contributed by atoms with E-state index in [9.17, 15) is 35.7 Å². The first-order valence-electron chi connectivity index (χ1n) is 14.0. The smallest absolute Gasteiger partial charge is 0.196 e. The van der Waals surface area contributed by atoms with Crippen LogP contribution in [-0.2, 0) is 4.74 Å². The minimum absolute atomic E-state index is 0.0208. The Labute approximate surface area is 212 Å². The molecule has 0 radical (unpaired) electrons. The Hall–Kier alpha value is -0.360. The number of ether oxygens (including phenoxy) is 1. The first-order chi connectivity index (χ1) is 16.6. The molecule has 7 fully saturated rings. The lowest BCUT2D eigenvalue weighted by molar-refractivity contribution is -0.354.